The van der Waals surface area contributed by atoms with Gasteiger partial charge in [0.2, 0.25) is 0 Å². The van der Waals surface area contributed by atoms with E-state index in [4.69, 9.17) is 33.0 Å². The first-order chi connectivity index (χ1) is 26.2. The van der Waals surface area contributed by atoms with Crippen LogP contribution < -0.4 is 119 Å². The van der Waals surface area contributed by atoms with Crippen LogP contribution in [0.2, 0.25) is 0 Å². The molecule has 21 heteroatoms. The van der Waals surface area contributed by atoms with E-state index in [-0.39, 0.29) is 124 Å². The van der Waals surface area contributed by atoms with Gasteiger partial charge < -0.3 is 41.1 Å². The summed E-state index contributed by atoms with van der Waals surface area (Å²) in [6.45, 7) is 18.3. The normalized spacial score (nSPS) is 14.6. The van der Waals surface area contributed by atoms with E-state index in [1.54, 1.807) is 78.0 Å². The molecule has 1 fully saturated rings. The number of carbonyl (C=O) groups is 4. The monoisotopic (exact) mass is 908 g/mol. The van der Waals surface area contributed by atoms with Crippen molar-refractivity contribution in [1.82, 2.24) is 10.6 Å². The third kappa shape index (κ3) is 28.9. The van der Waals surface area contributed by atoms with Gasteiger partial charge in [-0.05, 0) is 93.1 Å². The van der Waals surface area contributed by atoms with Crippen LogP contribution in [0.1, 0.15) is 102 Å². The second-order valence-electron chi connectivity index (χ2n) is 15.2. The van der Waals surface area contributed by atoms with Gasteiger partial charge in [0.1, 0.15) is 23.3 Å². The second-order valence-corrected chi connectivity index (χ2v) is 15.2. The molecule has 1 aliphatic rings. The SMILES string of the molecule is C.CC(C)(C)OC(=O)N[C@@H](CC=Cc1cc[c-]cc1)C(=O)O.CC(C)(C)OC(=O)N[C@@H](CC=Cc1ccc(B2OC(C)(C)C(C)(C)O2)cc1)C(=O)O.FB(F)F.FF.[H-].[K+].[K+]. The molecule has 0 aromatic heterocycles. The molecule has 0 saturated carbocycles. The zero-order chi connectivity index (χ0) is 44.2. The van der Waals surface area contributed by atoms with Gasteiger partial charge in [-0.25, -0.2) is 19.2 Å². The van der Waals surface area contributed by atoms with Crippen LogP contribution in [0, 0.1) is 6.07 Å². The fourth-order valence-electron chi connectivity index (χ4n) is 4.28. The summed E-state index contributed by atoms with van der Waals surface area (Å²) in [5.41, 5.74) is 0.602. The molecular formula is C39H57B2F5K2N2O10. The van der Waals surface area contributed by atoms with Crippen LogP contribution in [0.25, 0.3) is 12.2 Å². The Morgan fingerprint density at radius 1 is 0.750 bits per heavy atom. The minimum Gasteiger partial charge on any atom is -1.00 e. The molecule has 0 radical (unpaired) electrons. The molecule has 0 bridgehead atoms. The number of nitrogens with one attached hydrogen (secondary N) is 2. The first kappa shape index (κ1) is 65.0. The van der Waals surface area contributed by atoms with Gasteiger partial charge in [0.25, 0.3) is 0 Å². The minimum absolute atomic E-state index is 0. The number of aliphatic carboxylic acids is 2. The number of hydrogen-bond acceptors (Lipinski definition) is 8. The van der Waals surface area contributed by atoms with E-state index in [0.717, 1.165) is 16.6 Å². The Labute approximate surface area is 438 Å². The van der Waals surface area contributed by atoms with Crippen LogP contribution in [-0.4, -0.2) is 83.5 Å². The molecule has 1 saturated heterocycles. The number of amides is 2. The van der Waals surface area contributed by atoms with Gasteiger partial charge in [-0.15, -0.1) is 5.56 Å². The topological polar surface area (TPSA) is 170 Å². The molecule has 12 nitrogen and oxygen atoms in total. The van der Waals surface area contributed by atoms with Gasteiger partial charge in [0.05, 0.1) is 11.2 Å². The molecule has 1 aliphatic heterocycles. The standard InChI is InChI=1S/C22H32BNO6.C16H20NO4.CH4.BF3.F2.2K.H/c1-20(2,3)28-19(27)24-17(18(25)26)10-8-9-15-11-13-16(14-12-15)23-29-21(4,5)22(6,7)30-23;1-16(2,3)21-15(20)17-13(14(18)19)11-7-10-12-8-5-4-6-9-12;;2-1(3)4;1-2;;;/h8-9,11-14,17H,10H2,1-7H3,(H,24,27)(H,25,26);5-10,13H,11H2,1-3H3,(H,17,20)(H,18,19);1H4;;;;;/q;-1;;;;2*+1;-1/t17-;13-;;;;;;/m00....../s1. The zero-order valence-corrected chi connectivity index (χ0v) is 41.9. The Morgan fingerprint density at radius 3 is 1.37 bits per heavy atom. The quantitative estimate of drug-likeness (QED) is 0.150. The Bertz CT molecular complexity index is 1600. The summed E-state index contributed by atoms with van der Waals surface area (Å²) in [5.74, 6) is -2.23. The van der Waals surface area contributed by atoms with Gasteiger partial charge in [0, 0.05) is 9.15 Å². The van der Waals surface area contributed by atoms with Crippen LogP contribution in [-0.2, 0) is 28.4 Å². The van der Waals surface area contributed by atoms with E-state index in [1.807, 2.05) is 64.1 Å². The number of carbonyl (C=O) groups excluding carboxylic acids is 2. The molecule has 326 valence electrons. The van der Waals surface area contributed by atoms with Crippen molar-refractivity contribution in [2.45, 2.75) is 124 Å². The number of ether oxygens (including phenoxy) is 2. The van der Waals surface area contributed by atoms with E-state index in [2.05, 4.69) is 16.7 Å². The van der Waals surface area contributed by atoms with E-state index in [1.165, 1.54) is 0 Å². The van der Waals surface area contributed by atoms with E-state index >= 15 is 0 Å². The maximum atomic E-state index is 11.8. The number of carboxylic acids is 2. The number of alkyl carbamates (subject to hydrolysis) is 2. The summed E-state index contributed by atoms with van der Waals surface area (Å²) in [6, 6.07) is 15.7. The Balaban J connectivity index is -0.000000298. The van der Waals surface area contributed by atoms with Crippen molar-refractivity contribution in [3.8, 4) is 0 Å². The van der Waals surface area contributed by atoms with Gasteiger partial charge in [0.15, 0.2) is 0 Å². The number of halogens is 5. The van der Waals surface area contributed by atoms with Crippen molar-refractivity contribution in [3.63, 3.8) is 0 Å². The predicted molar refractivity (Wildman–Crippen MR) is 215 cm³/mol. The Hall–Kier alpha value is -1.63. The van der Waals surface area contributed by atoms with E-state index in [9.17, 15) is 37.2 Å². The fourth-order valence-corrected chi connectivity index (χ4v) is 4.28. The molecule has 0 unspecified atom stereocenters. The molecule has 2 atom stereocenters. The van der Waals surface area contributed by atoms with Crippen LogP contribution in [0.5, 0.6) is 0 Å². The summed E-state index contributed by atoms with van der Waals surface area (Å²) in [7, 11) is -4.09. The number of hydrogen-bond donors (Lipinski definition) is 4. The summed E-state index contributed by atoms with van der Waals surface area (Å²) in [6.07, 6.45) is 5.82. The van der Waals surface area contributed by atoms with Crippen molar-refractivity contribution < 1.29 is 174 Å². The maximum absolute atomic E-state index is 11.8. The predicted octanol–water partition coefficient (Wildman–Crippen LogP) is 2.71. The molecule has 4 N–H and O–H groups in total. The molecule has 60 heavy (non-hydrogen) atoms. The van der Waals surface area contributed by atoms with Crippen molar-refractivity contribution in [2.24, 2.45) is 0 Å². The molecule has 2 amide bonds. The van der Waals surface area contributed by atoms with E-state index < -0.39 is 73.3 Å². The molecule has 2 aromatic carbocycles. The van der Waals surface area contributed by atoms with Crippen molar-refractivity contribution in [1.29, 1.82) is 0 Å². The Kier molecular flexibility index (Phi) is 33.9. The van der Waals surface area contributed by atoms with Crippen LogP contribution in [0.4, 0.5) is 31.7 Å². The first-order valence-corrected chi connectivity index (χ1v) is 17.5. The summed E-state index contributed by atoms with van der Waals surface area (Å²) in [4.78, 5) is 45.9. The smallest absolute Gasteiger partial charge is 1.00 e. The van der Waals surface area contributed by atoms with Crippen molar-refractivity contribution >= 4 is 56.4 Å². The largest absolute Gasteiger partial charge is 1.00 e. The third-order valence-electron chi connectivity index (χ3n) is 7.55. The fraction of sp³-hybridized carbons (Fsp3) is 0.487. The molecule has 3 rings (SSSR count). The maximum Gasteiger partial charge on any atom is 1.00 e. The van der Waals surface area contributed by atoms with Gasteiger partial charge in [-0.3, -0.25) is 12.9 Å². The van der Waals surface area contributed by atoms with Crippen LogP contribution in [0.3, 0.4) is 0 Å². The second kappa shape index (κ2) is 31.3. The minimum atomic E-state index is -3.67. The average molecular weight is 909 g/mol. The van der Waals surface area contributed by atoms with Crippen LogP contribution in [0.15, 0.2) is 60.7 Å². The molecule has 1 heterocycles. The van der Waals surface area contributed by atoms with Crippen molar-refractivity contribution in [3.05, 3.63) is 77.9 Å². The van der Waals surface area contributed by atoms with Gasteiger partial charge in [-0.2, -0.15) is 30.3 Å². The first-order valence-electron chi connectivity index (χ1n) is 17.5. The molecule has 0 spiro atoms. The van der Waals surface area contributed by atoms with Gasteiger partial charge in [-0.1, -0.05) is 56.0 Å². The Morgan fingerprint density at radius 2 is 1.07 bits per heavy atom. The summed E-state index contributed by atoms with van der Waals surface area (Å²) < 4.78 is 67.2. The average Bonchev–Trinajstić information content (AvgIpc) is 3.29. The van der Waals surface area contributed by atoms with Crippen molar-refractivity contribution in [2.75, 3.05) is 0 Å². The summed E-state index contributed by atoms with van der Waals surface area (Å²) in [5, 5.41) is 23.2. The zero-order valence-electron chi connectivity index (χ0n) is 36.7. The van der Waals surface area contributed by atoms with E-state index in [0.29, 0.717) is 0 Å². The van der Waals surface area contributed by atoms with Gasteiger partial charge >= 0.3 is 142 Å². The number of benzene rings is 2. The molecule has 2 aromatic rings. The number of rotatable bonds is 11. The molecular weight excluding hydrogens is 851 g/mol. The number of carboxylic acid groups (broad SMARTS) is 2. The van der Waals surface area contributed by atoms with Crippen LogP contribution >= 0.6 is 0 Å². The third-order valence-corrected chi connectivity index (χ3v) is 7.55. The summed E-state index contributed by atoms with van der Waals surface area (Å²) >= 11 is 0. The molecule has 0 aliphatic carbocycles.